The second-order valence-corrected chi connectivity index (χ2v) is 7.08. The monoisotopic (exact) mass is 352 g/mol. The molecule has 2 aromatic heterocycles. The van der Waals surface area contributed by atoms with E-state index in [9.17, 15) is 0 Å². The molecule has 4 heterocycles. The smallest absolute Gasteiger partial charge is 0.179 e. The van der Waals surface area contributed by atoms with Gasteiger partial charge in [0.1, 0.15) is 0 Å². The quantitative estimate of drug-likeness (QED) is 0.795. The van der Waals surface area contributed by atoms with Gasteiger partial charge in [-0.3, -0.25) is 9.47 Å². The van der Waals surface area contributed by atoms with Crippen molar-refractivity contribution in [3.05, 3.63) is 21.5 Å². The SMILES string of the molecule is S=c1[nH]c2cc(Br)cnc2n1C1CCN2CCCCC12. The third-order valence-corrected chi connectivity index (χ3v) is 5.41. The molecule has 2 fully saturated rings. The molecule has 1 N–H and O–H groups in total. The Bertz CT molecular complexity index is 707. The van der Waals surface area contributed by atoms with Crippen LogP contribution in [-0.2, 0) is 0 Å². The van der Waals surface area contributed by atoms with E-state index in [0.29, 0.717) is 12.1 Å². The van der Waals surface area contributed by atoms with Gasteiger partial charge in [0.2, 0.25) is 0 Å². The zero-order chi connectivity index (χ0) is 13.7. The third-order valence-electron chi connectivity index (χ3n) is 4.67. The zero-order valence-electron chi connectivity index (χ0n) is 11.2. The molecule has 4 nitrogen and oxygen atoms in total. The fourth-order valence-corrected chi connectivity index (χ4v) is 4.48. The van der Waals surface area contributed by atoms with Gasteiger partial charge in [-0.1, -0.05) is 6.42 Å². The number of pyridine rings is 1. The van der Waals surface area contributed by atoms with Gasteiger partial charge < -0.3 is 4.98 Å². The molecule has 0 saturated carbocycles. The summed E-state index contributed by atoms with van der Waals surface area (Å²) in [5.74, 6) is 0. The van der Waals surface area contributed by atoms with Gasteiger partial charge >= 0.3 is 0 Å². The molecule has 20 heavy (non-hydrogen) atoms. The summed E-state index contributed by atoms with van der Waals surface area (Å²) < 4.78 is 4.05. The van der Waals surface area contributed by atoms with E-state index < -0.39 is 0 Å². The maximum Gasteiger partial charge on any atom is 0.179 e. The van der Waals surface area contributed by atoms with Crippen molar-refractivity contribution in [2.75, 3.05) is 13.1 Å². The summed E-state index contributed by atoms with van der Waals surface area (Å²) in [6, 6.07) is 3.17. The Kier molecular flexibility index (Phi) is 3.20. The van der Waals surface area contributed by atoms with Gasteiger partial charge in [0.15, 0.2) is 10.4 Å². The lowest BCUT2D eigenvalue weighted by molar-refractivity contribution is 0.174. The number of hydrogen-bond acceptors (Lipinski definition) is 3. The number of halogens is 1. The molecule has 2 saturated heterocycles. The van der Waals surface area contributed by atoms with Crippen molar-refractivity contribution in [1.29, 1.82) is 0 Å². The van der Waals surface area contributed by atoms with Crippen LogP contribution in [0.3, 0.4) is 0 Å². The van der Waals surface area contributed by atoms with Crippen LogP contribution in [0.1, 0.15) is 31.7 Å². The van der Waals surface area contributed by atoms with Crippen LogP contribution < -0.4 is 0 Å². The summed E-state index contributed by atoms with van der Waals surface area (Å²) in [4.78, 5) is 10.5. The van der Waals surface area contributed by atoms with Crippen LogP contribution in [-0.4, -0.2) is 38.6 Å². The first kappa shape index (κ1) is 13.0. The summed E-state index contributed by atoms with van der Waals surface area (Å²) >= 11 is 9.03. The first-order chi connectivity index (χ1) is 9.74. The van der Waals surface area contributed by atoms with Crippen molar-refractivity contribution >= 4 is 39.3 Å². The number of aromatic nitrogens is 3. The van der Waals surface area contributed by atoms with Crippen LogP contribution in [0, 0.1) is 4.77 Å². The number of rotatable bonds is 1. The summed E-state index contributed by atoms with van der Waals surface area (Å²) in [6.45, 7) is 2.44. The highest BCUT2D eigenvalue weighted by atomic mass is 79.9. The second-order valence-electron chi connectivity index (χ2n) is 5.78. The van der Waals surface area contributed by atoms with Gasteiger partial charge in [-0.2, -0.15) is 0 Å². The minimum atomic E-state index is 0.477. The Hall–Kier alpha value is -0.720. The van der Waals surface area contributed by atoms with Gasteiger partial charge in [-0.15, -0.1) is 0 Å². The Morgan fingerprint density at radius 1 is 1.25 bits per heavy atom. The van der Waals surface area contributed by atoms with E-state index >= 15 is 0 Å². The number of nitrogens with zero attached hydrogens (tertiary/aromatic N) is 3. The lowest BCUT2D eigenvalue weighted by Gasteiger charge is -2.32. The summed E-state index contributed by atoms with van der Waals surface area (Å²) in [5.41, 5.74) is 2.02. The highest BCUT2D eigenvalue weighted by molar-refractivity contribution is 9.10. The fourth-order valence-electron chi connectivity index (χ4n) is 3.82. The molecule has 0 aliphatic carbocycles. The second kappa shape index (κ2) is 4.93. The van der Waals surface area contributed by atoms with Crippen LogP contribution in [0.2, 0.25) is 0 Å². The van der Waals surface area contributed by atoms with E-state index in [0.717, 1.165) is 20.4 Å². The average molecular weight is 353 g/mol. The van der Waals surface area contributed by atoms with Crippen molar-refractivity contribution in [2.24, 2.45) is 0 Å². The van der Waals surface area contributed by atoms with Gasteiger partial charge in [0.25, 0.3) is 0 Å². The van der Waals surface area contributed by atoms with Gasteiger partial charge in [-0.25, -0.2) is 4.98 Å². The lowest BCUT2D eigenvalue weighted by Crippen LogP contribution is -2.37. The number of H-pyrrole nitrogens is 1. The maximum absolute atomic E-state index is 5.56. The van der Waals surface area contributed by atoms with Crippen molar-refractivity contribution < 1.29 is 0 Å². The van der Waals surface area contributed by atoms with Crippen LogP contribution in [0.15, 0.2) is 16.7 Å². The van der Waals surface area contributed by atoms with Crippen LogP contribution >= 0.6 is 28.1 Å². The molecule has 0 aromatic carbocycles. The third kappa shape index (κ3) is 1.96. The van der Waals surface area contributed by atoms with Gasteiger partial charge in [0.05, 0.1) is 11.6 Å². The van der Waals surface area contributed by atoms with E-state index in [-0.39, 0.29) is 0 Å². The molecule has 0 amide bonds. The first-order valence-corrected chi connectivity index (χ1v) is 8.44. The van der Waals surface area contributed by atoms with E-state index in [1.54, 1.807) is 0 Å². The van der Waals surface area contributed by atoms with Crippen LogP contribution in [0.25, 0.3) is 11.2 Å². The van der Waals surface area contributed by atoms with E-state index in [4.69, 9.17) is 12.2 Å². The van der Waals surface area contributed by atoms with Crippen molar-refractivity contribution in [2.45, 2.75) is 37.8 Å². The molecule has 106 valence electrons. The van der Waals surface area contributed by atoms with Crippen molar-refractivity contribution in [3.63, 3.8) is 0 Å². The molecule has 2 aliphatic heterocycles. The van der Waals surface area contributed by atoms with Crippen molar-refractivity contribution in [3.8, 4) is 0 Å². The minimum absolute atomic E-state index is 0.477. The molecule has 0 bridgehead atoms. The number of nitrogens with one attached hydrogen (secondary N) is 1. The summed E-state index contributed by atoms with van der Waals surface area (Å²) in [6.07, 6.45) is 7.01. The maximum atomic E-state index is 5.56. The predicted octanol–water partition coefficient (Wildman–Crippen LogP) is 3.66. The molecule has 6 heteroatoms. The highest BCUT2D eigenvalue weighted by Crippen LogP contribution is 2.36. The van der Waals surface area contributed by atoms with E-state index in [2.05, 4.69) is 41.4 Å². The average Bonchev–Trinajstić information content (AvgIpc) is 2.98. The molecule has 4 rings (SSSR count). The molecule has 2 aliphatic rings. The standard InChI is InChI=1S/C14H17BrN4S/c15-9-7-10-13(16-8-9)19(14(20)17-10)12-4-6-18-5-2-1-3-11(12)18/h7-8,11-12H,1-6H2,(H,17,20). The highest BCUT2D eigenvalue weighted by Gasteiger charge is 2.37. The molecule has 2 aromatic rings. The topological polar surface area (TPSA) is 36.9 Å². The zero-order valence-corrected chi connectivity index (χ0v) is 13.6. The molecule has 2 atom stereocenters. The number of fused-ring (bicyclic) bond motifs is 2. The van der Waals surface area contributed by atoms with Crippen molar-refractivity contribution in [1.82, 2.24) is 19.4 Å². The Balaban J connectivity index is 1.82. The molecule has 0 spiro atoms. The summed E-state index contributed by atoms with van der Waals surface area (Å²) in [5, 5.41) is 0. The minimum Gasteiger partial charge on any atom is -0.329 e. The molecular weight excluding hydrogens is 336 g/mol. The van der Waals surface area contributed by atoms with Gasteiger partial charge in [-0.05, 0) is 60.0 Å². The Morgan fingerprint density at radius 2 is 2.15 bits per heavy atom. The summed E-state index contributed by atoms with van der Waals surface area (Å²) in [7, 11) is 0. The Morgan fingerprint density at radius 3 is 3.05 bits per heavy atom. The van der Waals surface area contributed by atoms with E-state index in [1.807, 2.05) is 6.20 Å². The number of imidazole rings is 1. The molecular formula is C14H17BrN4S. The number of aromatic amines is 1. The van der Waals surface area contributed by atoms with Crippen LogP contribution in [0.5, 0.6) is 0 Å². The Labute approximate surface area is 131 Å². The predicted molar refractivity (Wildman–Crippen MR) is 85.5 cm³/mol. The normalized spacial score (nSPS) is 27.1. The first-order valence-electron chi connectivity index (χ1n) is 7.24. The van der Waals surface area contributed by atoms with Gasteiger partial charge in [0, 0.05) is 23.3 Å². The van der Waals surface area contributed by atoms with E-state index in [1.165, 1.54) is 38.8 Å². The fraction of sp³-hybridized carbons (Fsp3) is 0.571. The number of hydrogen-bond donors (Lipinski definition) is 1. The lowest BCUT2D eigenvalue weighted by atomic mass is 9.99. The molecule has 0 radical (unpaired) electrons. The van der Waals surface area contributed by atoms with Crippen LogP contribution in [0.4, 0.5) is 0 Å². The largest absolute Gasteiger partial charge is 0.329 e. The molecule has 2 unspecified atom stereocenters. The number of piperidine rings is 1.